The first-order chi connectivity index (χ1) is 7.60. The number of nitriles is 1. The van der Waals surface area contributed by atoms with E-state index in [-0.39, 0.29) is 12.5 Å². The summed E-state index contributed by atoms with van der Waals surface area (Å²) in [5.74, 6) is 0.373. The average molecular weight is 221 g/mol. The van der Waals surface area contributed by atoms with Gasteiger partial charge in [0.25, 0.3) is 5.91 Å². The summed E-state index contributed by atoms with van der Waals surface area (Å²) < 4.78 is 0. The minimum atomic E-state index is -0.737. The average Bonchev–Trinajstić information content (AvgIpc) is 2.48. The van der Waals surface area contributed by atoms with Crippen LogP contribution >= 0.6 is 0 Å². The summed E-state index contributed by atoms with van der Waals surface area (Å²) in [6.07, 6.45) is 3.21. The first-order valence-corrected chi connectivity index (χ1v) is 5.60. The number of amides is 3. The van der Waals surface area contributed by atoms with Crippen molar-refractivity contribution in [1.29, 1.82) is 5.26 Å². The fraction of sp³-hybridized carbons (Fsp3) is 0.727. The Bertz CT molecular complexity index is 364. The molecule has 0 aromatic rings. The van der Waals surface area contributed by atoms with Crippen LogP contribution in [0.5, 0.6) is 0 Å². The van der Waals surface area contributed by atoms with Crippen LogP contribution in [-0.2, 0) is 4.79 Å². The Kier molecular flexibility index (Phi) is 2.58. The summed E-state index contributed by atoms with van der Waals surface area (Å²) in [5.41, 5.74) is -0.737. The number of nitrogens with one attached hydrogen (secondary N) is 1. The molecule has 0 aromatic carbocycles. The number of rotatable bonds is 1. The van der Waals surface area contributed by atoms with E-state index in [1.54, 1.807) is 0 Å². The first-order valence-electron chi connectivity index (χ1n) is 5.60. The molecule has 1 aliphatic carbocycles. The molecule has 0 aromatic heterocycles. The van der Waals surface area contributed by atoms with Crippen molar-refractivity contribution in [2.75, 3.05) is 6.54 Å². The summed E-state index contributed by atoms with van der Waals surface area (Å²) in [4.78, 5) is 24.8. The van der Waals surface area contributed by atoms with Crippen LogP contribution in [0.2, 0.25) is 0 Å². The molecule has 0 bridgehead atoms. The van der Waals surface area contributed by atoms with Crippen molar-refractivity contribution >= 4 is 11.9 Å². The molecule has 5 nitrogen and oxygen atoms in total. The quantitative estimate of drug-likeness (QED) is 0.530. The number of hydrogen-bond donors (Lipinski definition) is 1. The summed E-state index contributed by atoms with van der Waals surface area (Å²) in [6, 6.07) is 1.54. The molecule has 1 spiro atoms. The molecule has 2 rings (SSSR count). The van der Waals surface area contributed by atoms with Crippen molar-refractivity contribution in [3.05, 3.63) is 0 Å². The summed E-state index contributed by atoms with van der Waals surface area (Å²) >= 11 is 0. The van der Waals surface area contributed by atoms with Gasteiger partial charge in [0.2, 0.25) is 0 Å². The standard InChI is InChI=1S/C11H15N3O2/c1-8-2-4-11(5-3-8)9(15)13-10(16)14(11)7-6-12/h8H,2-5,7H2,1H3,(H,13,15,16). The second-order valence-corrected chi connectivity index (χ2v) is 4.72. The van der Waals surface area contributed by atoms with Crippen molar-refractivity contribution in [3.8, 4) is 6.07 Å². The predicted octanol–water partition coefficient (Wildman–Crippen LogP) is 1.01. The van der Waals surface area contributed by atoms with E-state index in [4.69, 9.17) is 5.26 Å². The lowest BCUT2D eigenvalue weighted by Crippen LogP contribution is -2.51. The predicted molar refractivity (Wildman–Crippen MR) is 56.2 cm³/mol. The number of carbonyl (C=O) groups excluding carboxylic acids is 2. The van der Waals surface area contributed by atoms with Crippen LogP contribution in [0.15, 0.2) is 0 Å². The molecule has 1 heterocycles. The lowest BCUT2D eigenvalue weighted by molar-refractivity contribution is -0.128. The van der Waals surface area contributed by atoms with Gasteiger partial charge in [-0.1, -0.05) is 6.92 Å². The van der Waals surface area contributed by atoms with Crippen LogP contribution in [0.1, 0.15) is 32.6 Å². The van der Waals surface area contributed by atoms with Gasteiger partial charge in [0.1, 0.15) is 12.1 Å². The molecule has 86 valence electrons. The maximum atomic E-state index is 11.9. The summed E-state index contributed by atoms with van der Waals surface area (Å²) in [6.45, 7) is 2.14. The molecular formula is C11H15N3O2. The Morgan fingerprint density at radius 3 is 2.69 bits per heavy atom. The van der Waals surface area contributed by atoms with Crippen molar-refractivity contribution in [3.63, 3.8) is 0 Å². The molecule has 3 amide bonds. The molecule has 16 heavy (non-hydrogen) atoms. The Hall–Kier alpha value is -1.57. The zero-order valence-electron chi connectivity index (χ0n) is 9.32. The third-order valence-electron chi connectivity index (χ3n) is 3.74. The molecule has 1 saturated heterocycles. The lowest BCUT2D eigenvalue weighted by Gasteiger charge is -2.38. The molecular weight excluding hydrogens is 206 g/mol. The van der Waals surface area contributed by atoms with E-state index in [9.17, 15) is 9.59 Å². The lowest BCUT2D eigenvalue weighted by atomic mass is 9.76. The highest BCUT2D eigenvalue weighted by Crippen LogP contribution is 2.38. The van der Waals surface area contributed by atoms with E-state index < -0.39 is 11.6 Å². The second kappa shape index (κ2) is 3.78. The Balaban J connectivity index is 2.26. The molecule has 0 atom stereocenters. The van der Waals surface area contributed by atoms with E-state index in [0.29, 0.717) is 18.8 Å². The molecule has 0 unspecified atom stereocenters. The number of hydrogen-bond acceptors (Lipinski definition) is 3. The van der Waals surface area contributed by atoms with Crippen LogP contribution < -0.4 is 5.32 Å². The van der Waals surface area contributed by atoms with E-state index in [1.165, 1.54) is 4.90 Å². The van der Waals surface area contributed by atoms with Crippen molar-refractivity contribution in [2.45, 2.75) is 38.1 Å². The maximum Gasteiger partial charge on any atom is 0.325 e. The van der Waals surface area contributed by atoms with Gasteiger partial charge in [0.05, 0.1) is 6.07 Å². The molecule has 1 saturated carbocycles. The van der Waals surface area contributed by atoms with Gasteiger partial charge in [-0.15, -0.1) is 0 Å². The second-order valence-electron chi connectivity index (χ2n) is 4.72. The SMILES string of the molecule is CC1CCC2(CC1)C(=O)NC(=O)N2CC#N. The van der Waals surface area contributed by atoms with E-state index >= 15 is 0 Å². The Morgan fingerprint density at radius 2 is 2.12 bits per heavy atom. The molecule has 1 N–H and O–H groups in total. The van der Waals surface area contributed by atoms with Gasteiger partial charge in [-0.2, -0.15) is 5.26 Å². The number of urea groups is 1. The van der Waals surface area contributed by atoms with E-state index in [1.807, 2.05) is 6.07 Å². The zero-order chi connectivity index (χ0) is 11.8. The van der Waals surface area contributed by atoms with Crippen LogP contribution in [0.4, 0.5) is 4.79 Å². The summed E-state index contributed by atoms with van der Waals surface area (Å²) in [5, 5.41) is 11.0. The molecule has 5 heteroatoms. The summed E-state index contributed by atoms with van der Waals surface area (Å²) in [7, 11) is 0. The van der Waals surface area contributed by atoms with Crippen molar-refractivity contribution < 1.29 is 9.59 Å². The molecule has 2 aliphatic rings. The van der Waals surface area contributed by atoms with Gasteiger partial charge >= 0.3 is 6.03 Å². The van der Waals surface area contributed by atoms with Gasteiger partial charge < -0.3 is 0 Å². The maximum absolute atomic E-state index is 11.9. The molecule has 0 radical (unpaired) electrons. The third kappa shape index (κ3) is 1.45. The van der Waals surface area contributed by atoms with E-state index in [0.717, 1.165) is 12.8 Å². The number of carbonyl (C=O) groups is 2. The smallest absolute Gasteiger partial charge is 0.296 e. The van der Waals surface area contributed by atoms with Gasteiger partial charge in [0.15, 0.2) is 0 Å². The number of nitrogens with zero attached hydrogens (tertiary/aromatic N) is 2. The van der Waals surface area contributed by atoms with Crippen LogP contribution in [0.3, 0.4) is 0 Å². The fourth-order valence-corrected chi connectivity index (χ4v) is 2.63. The van der Waals surface area contributed by atoms with Crippen LogP contribution in [0, 0.1) is 17.2 Å². The topological polar surface area (TPSA) is 73.2 Å². The molecule has 2 fully saturated rings. The Labute approximate surface area is 94.4 Å². The van der Waals surface area contributed by atoms with Crippen molar-refractivity contribution in [2.24, 2.45) is 5.92 Å². The number of imide groups is 1. The minimum absolute atomic E-state index is 0.00798. The Morgan fingerprint density at radius 1 is 1.50 bits per heavy atom. The third-order valence-corrected chi connectivity index (χ3v) is 3.74. The minimum Gasteiger partial charge on any atom is -0.296 e. The van der Waals surface area contributed by atoms with Gasteiger partial charge in [-0.05, 0) is 31.6 Å². The first kappa shape index (κ1) is 10.9. The highest BCUT2D eigenvalue weighted by atomic mass is 16.2. The fourth-order valence-electron chi connectivity index (χ4n) is 2.63. The normalized spacial score (nSPS) is 34.0. The highest BCUT2D eigenvalue weighted by Gasteiger charge is 2.53. The largest absolute Gasteiger partial charge is 0.325 e. The highest BCUT2D eigenvalue weighted by molar-refractivity contribution is 6.07. The zero-order valence-corrected chi connectivity index (χ0v) is 9.32. The van der Waals surface area contributed by atoms with Crippen LogP contribution in [0.25, 0.3) is 0 Å². The van der Waals surface area contributed by atoms with Crippen LogP contribution in [-0.4, -0.2) is 28.9 Å². The van der Waals surface area contributed by atoms with Gasteiger partial charge in [-0.3, -0.25) is 15.0 Å². The van der Waals surface area contributed by atoms with Crippen molar-refractivity contribution in [1.82, 2.24) is 10.2 Å². The monoisotopic (exact) mass is 221 g/mol. The van der Waals surface area contributed by atoms with E-state index in [2.05, 4.69) is 12.2 Å². The molecule has 1 aliphatic heterocycles. The van der Waals surface area contributed by atoms with Gasteiger partial charge in [-0.25, -0.2) is 4.79 Å². The van der Waals surface area contributed by atoms with Gasteiger partial charge in [0, 0.05) is 0 Å².